The summed E-state index contributed by atoms with van der Waals surface area (Å²) in [5.41, 5.74) is 5.41. The number of hydrogen-bond donors (Lipinski definition) is 3. The van der Waals surface area contributed by atoms with Gasteiger partial charge in [-0.2, -0.15) is 5.26 Å². The number of primary amides is 1. The molecular weight excluding hydrogens is 654 g/mol. The molecule has 4 amide bonds. The van der Waals surface area contributed by atoms with Crippen LogP contribution in [0.5, 0.6) is 0 Å². The molecule has 3 aliphatic rings. The summed E-state index contributed by atoms with van der Waals surface area (Å²) >= 11 is 0. The van der Waals surface area contributed by atoms with E-state index >= 15 is 0 Å². The summed E-state index contributed by atoms with van der Waals surface area (Å²) in [6, 6.07) is 5.75. The number of rotatable bonds is 15. The average molecular weight is 700 g/mol. The molecule has 2 saturated carbocycles. The maximum atomic E-state index is 13.8. The molecule has 5 atom stereocenters. The Bertz CT molecular complexity index is 1590. The summed E-state index contributed by atoms with van der Waals surface area (Å²) in [7, 11) is -3.55. The summed E-state index contributed by atoms with van der Waals surface area (Å²) in [5, 5.41) is 11.2. The number of sulfonamides is 1. The number of likely N-dealkylation sites (tertiary alicyclic amines) is 1. The minimum atomic E-state index is -3.55. The van der Waals surface area contributed by atoms with Crippen molar-refractivity contribution in [1.82, 2.24) is 14.9 Å². The van der Waals surface area contributed by atoms with Crippen LogP contribution >= 0.6 is 0 Å². The molecule has 266 valence electrons. The molecule has 0 radical (unpaired) electrons. The Kier molecular flexibility index (Phi) is 12.1. The Hall–Kier alpha value is -4.45. The lowest BCUT2D eigenvalue weighted by atomic mass is 10.0. The highest BCUT2D eigenvalue weighted by atomic mass is 32.2. The van der Waals surface area contributed by atoms with Crippen LogP contribution in [0.3, 0.4) is 0 Å². The topological polar surface area (TPSA) is 215 Å². The largest absolute Gasteiger partial charge is 0.457 e. The normalized spacial score (nSPS) is 22.5. The highest BCUT2D eigenvalue weighted by Crippen LogP contribution is 2.40. The van der Waals surface area contributed by atoms with Crippen molar-refractivity contribution in [2.75, 3.05) is 6.54 Å². The lowest BCUT2D eigenvalue weighted by Crippen LogP contribution is -2.53. The maximum Gasteiger partial charge on any atom is 0.408 e. The number of esters is 1. The van der Waals surface area contributed by atoms with E-state index in [0.717, 1.165) is 6.42 Å². The molecule has 3 fully saturated rings. The molecule has 1 aromatic carbocycles. The third kappa shape index (κ3) is 11.0. The minimum Gasteiger partial charge on any atom is -0.457 e. The number of carbonyl (C=O) groups excluding carboxylic acids is 5. The fourth-order valence-electron chi connectivity index (χ4n) is 5.67. The molecule has 49 heavy (non-hydrogen) atoms. The standard InChI is InChI=1S/C34H45N5O9S/c1-34(2,3)48-33(44)37-27(10-8-6-4-5-7-9-23-17-26(23)30(41)38-49(45,46)25-15-16-25)31(42)39-20-24(18-28(39)29(36)40)47-32(43)22-13-11-21(19-35)12-14-22/h7,9,11-14,23-28H,4-6,8,10,15-18,20H2,1-3H3,(H2,36,40)(H,37,44)(H,38,41)/b9-7-/t23-,24-,26+,27+,28+/m1/s1. The van der Waals surface area contributed by atoms with Gasteiger partial charge in [-0.3, -0.25) is 19.1 Å². The van der Waals surface area contributed by atoms with Crippen LogP contribution in [0, 0.1) is 23.2 Å². The van der Waals surface area contributed by atoms with Gasteiger partial charge in [0.15, 0.2) is 0 Å². The van der Waals surface area contributed by atoms with Crippen LogP contribution in [0.25, 0.3) is 0 Å². The van der Waals surface area contributed by atoms with Crippen molar-refractivity contribution in [2.45, 2.75) is 108 Å². The van der Waals surface area contributed by atoms with E-state index in [1.54, 1.807) is 20.8 Å². The van der Waals surface area contributed by atoms with Crippen LogP contribution in [0.2, 0.25) is 0 Å². The van der Waals surface area contributed by atoms with Gasteiger partial charge in [-0.05, 0) is 89.5 Å². The van der Waals surface area contributed by atoms with Crippen molar-refractivity contribution < 1.29 is 41.9 Å². The maximum absolute atomic E-state index is 13.8. The first-order valence-corrected chi connectivity index (χ1v) is 18.1. The van der Waals surface area contributed by atoms with Crippen LogP contribution in [-0.2, 0) is 33.9 Å². The molecule has 0 aromatic heterocycles. The summed E-state index contributed by atoms with van der Waals surface area (Å²) in [5.74, 6) is -2.75. The molecular formula is C34H45N5O9S. The molecule has 4 rings (SSSR count). The van der Waals surface area contributed by atoms with Crippen LogP contribution in [0.4, 0.5) is 4.79 Å². The molecule has 0 unspecified atom stereocenters. The molecule has 2 aliphatic carbocycles. The van der Waals surface area contributed by atoms with Gasteiger partial charge < -0.3 is 25.4 Å². The first-order valence-electron chi connectivity index (χ1n) is 16.6. The van der Waals surface area contributed by atoms with Crippen molar-refractivity contribution in [3.05, 3.63) is 47.5 Å². The Morgan fingerprint density at radius 2 is 1.78 bits per heavy atom. The predicted octanol–water partition coefficient (Wildman–Crippen LogP) is 2.81. The van der Waals surface area contributed by atoms with Gasteiger partial charge in [0.1, 0.15) is 23.8 Å². The number of benzene rings is 1. The molecule has 4 N–H and O–H groups in total. The fraction of sp³-hybridized carbons (Fsp3) is 0.588. The molecule has 15 heteroatoms. The number of carbonyl (C=O) groups is 5. The Labute approximate surface area is 286 Å². The number of hydrogen-bond acceptors (Lipinski definition) is 10. The SMILES string of the molecule is CC(C)(C)OC(=O)N[C@@H](CCCCC/C=C\[C@@H]1C[C@@H]1C(=O)NS(=O)(=O)C1CC1)C(=O)N1C[C@H](OC(=O)c2ccc(C#N)cc2)C[C@H]1C(N)=O. The summed E-state index contributed by atoms with van der Waals surface area (Å²) in [6.07, 6.45) is 7.08. The number of nitrogens with zero attached hydrogens (tertiary/aromatic N) is 2. The number of unbranched alkanes of at least 4 members (excludes halogenated alkanes) is 3. The molecule has 0 bridgehead atoms. The second-order valence-corrected chi connectivity index (χ2v) is 15.8. The highest BCUT2D eigenvalue weighted by Gasteiger charge is 2.45. The van der Waals surface area contributed by atoms with E-state index in [0.29, 0.717) is 44.1 Å². The third-order valence-electron chi connectivity index (χ3n) is 8.52. The van der Waals surface area contributed by atoms with Gasteiger partial charge in [-0.1, -0.05) is 25.0 Å². The van der Waals surface area contributed by atoms with Crippen LogP contribution < -0.4 is 15.8 Å². The zero-order chi connectivity index (χ0) is 35.9. The first-order chi connectivity index (χ1) is 23.1. The molecule has 1 saturated heterocycles. The molecule has 1 heterocycles. The number of nitriles is 1. The van der Waals surface area contributed by atoms with Gasteiger partial charge >= 0.3 is 12.1 Å². The van der Waals surface area contributed by atoms with Crippen molar-refractivity contribution in [3.63, 3.8) is 0 Å². The van der Waals surface area contributed by atoms with Crippen molar-refractivity contribution in [1.29, 1.82) is 5.26 Å². The van der Waals surface area contributed by atoms with E-state index in [-0.39, 0.29) is 36.8 Å². The van der Waals surface area contributed by atoms with Crippen LogP contribution in [0.1, 0.15) is 94.5 Å². The second-order valence-electron chi connectivity index (χ2n) is 13.8. The molecule has 14 nitrogen and oxygen atoms in total. The Balaban J connectivity index is 1.29. The summed E-state index contributed by atoms with van der Waals surface area (Å²) < 4.78 is 37.2. The quantitative estimate of drug-likeness (QED) is 0.138. The van der Waals surface area contributed by atoms with Crippen LogP contribution in [0.15, 0.2) is 36.4 Å². The summed E-state index contributed by atoms with van der Waals surface area (Å²) in [6.45, 7) is 4.98. The van der Waals surface area contributed by atoms with Crippen molar-refractivity contribution in [3.8, 4) is 6.07 Å². The minimum absolute atomic E-state index is 0.00553. The number of nitrogens with two attached hydrogens (primary N) is 1. The Morgan fingerprint density at radius 1 is 1.08 bits per heavy atom. The van der Waals surface area contributed by atoms with Gasteiger partial charge in [-0.15, -0.1) is 0 Å². The van der Waals surface area contributed by atoms with E-state index < -0.39 is 68.8 Å². The van der Waals surface area contributed by atoms with Crippen molar-refractivity contribution >= 4 is 39.8 Å². The van der Waals surface area contributed by atoms with Gasteiger partial charge in [-0.25, -0.2) is 18.0 Å². The van der Waals surface area contributed by atoms with E-state index in [4.69, 9.17) is 20.5 Å². The number of alkyl carbamates (subject to hydrolysis) is 1. The van der Waals surface area contributed by atoms with Gasteiger partial charge in [0.2, 0.25) is 27.7 Å². The third-order valence-corrected chi connectivity index (χ3v) is 10.4. The first kappa shape index (κ1) is 37.4. The lowest BCUT2D eigenvalue weighted by molar-refractivity contribution is -0.139. The van der Waals surface area contributed by atoms with Gasteiger partial charge in [0.05, 0.1) is 29.0 Å². The predicted molar refractivity (Wildman–Crippen MR) is 177 cm³/mol. The monoisotopic (exact) mass is 699 g/mol. The molecule has 0 spiro atoms. The number of allylic oxidation sites excluding steroid dienone is 2. The Morgan fingerprint density at radius 3 is 2.39 bits per heavy atom. The fourth-order valence-corrected chi connectivity index (χ4v) is 7.02. The highest BCUT2D eigenvalue weighted by molar-refractivity contribution is 7.90. The van der Waals surface area contributed by atoms with Crippen molar-refractivity contribution in [2.24, 2.45) is 17.6 Å². The zero-order valence-corrected chi connectivity index (χ0v) is 28.9. The van der Waals surface area contributed by atoms with E-state index in [1.807, 2.05) is 18.2 Å². The smallest absolute Gasteiger partial charge is 0.408 e. The number of nitrogens with one attached hydrogen (secondary N) is 2. The lowest BCUT2D eigenvalue weighted by Gasteiger charge is -2.28. The summed E-state index contributed by atoms with van der Waals surface area (Å²) in [4.78, 5) is 65.1. The second kappa shape index (κ2) is 15.8. The zero-order valence-electron chi connectivity index (χ0n) is 28.1. The van der Waals surface area contributed by atoms with Gasteiger partial charge in [0, 0.05) is 12.3 Å². The number of ether oxygens (including phenoxy) is 2. The molecule has 1 aliphatic heterocycles. The van der Waals surface area contributed by atoms with Gasteiger partial charge in [0.25, 0.3) is 0 Å². The number of amides is 4. The molecule has 1 aromatic rings. The van der Waals surface area contributed by atoms with Crippen LogP contribution in [-0.4, -0.2) is 78.7 Å². The average Bonchev–Trinajstić information content (AvgIpc) is 3.96. The van der Waals surface area contributed by atoms with E-state index in [9.17, 15) is 32.4 Å². The van der Waals surface area contributed by atoms with E-state index in [2.05, 4.69) is 10.0 Å². The van der Waals surface area contributed by atoms with E-state index in [1.165, 1.54) is 29.2 Å².